The van der Waals surface area contributed by atoms with Crippen LogP contribution in [0.3, 0.4) is 0 Å². The van der Waals surface area contributed by atoms with E-state index in [1.54, 1.807) is 0 Å². The van der Waals surface area contributed by atoms with Crippen molar-refractivity contribution in [1.29, 1.82) is 0 Å². The Morgan fingerprint density at radius 2 is 0.516 bits per heavy atom. The van der Waals surface area contributed by atoms with E-state index < -0.39 is 0 Å². The first kappa shape index (κ1) is 38.3. The minimum Gasteiger partial charge on any atom is -0.310 e. The molecular weight excluding hydrogens is 749 g/mol. The molecule has 296 valence electrons. The van der Waals surface area contributed by atoms with Gasteiger partial charge in [-0.3, -0.25) is 0 Å². The van der Waals surface area contributed by atoms with E-state index in [9.17, 15) is 0 Å². The van der Waals surface area contributed by atoms with Gasteiger partial charge < -0.3 is 9.80 Å². The van der Waals surface area contributed by atoms with Gasteiger partial charge in [-0.1, -0.05) is 181 Å². The topological polar surface area (TPSA) is 6.48 Å². The minimum absolute atomic E-state index is 1.10. The summed E-state index contributed by atoms with van der Waals surface area (Å²) in [6, 6.07) is 79.1. The maximum absolute atomic E-state index is 2.38. The number of anilines is 6. The molecule has 0 aliphatic heterocycles. The summed E-state index contributed by atoms with van der Waals surface area (Å²) < 4.78 is 0. The maximum Gasteiger partial charge on any atom is 0.0468 e. The van der Waals surface area contributed by atoms with E-state index in [0.29, 0.717) is 0 Å². The summed E-state index contributed by atoms with van der Waals surface area (Å²) in [5.74, 6) is 0. The Bertz CT molecular complexity index is 3020. The molecule has 10 aromatic rings. The standard InChI is InChI=1S/C60H46N2/c1-43-17-29-49(30-18-43)61(51-33-25-47(26-34-51)23-21-45-11-5-3-6-12-45)53-37-39-57-55-15-9-10-16-56(55)59-41-54(38-40-58(59)60(57)42-53)62(50-31-19-44(2)20-32-50)52-35-27-48(28-36-52)24-22-46-13-7-4-8-14-46/h3-42H,1-2H3/b23-21+,24-22+. The van der Waals surface area contributed by atoms with Gasteiger partial charge in [0.25, 0.3) is 0 Å². The second kappa shape index (κ2) is 17.0. The van der Waals surface area contributed by atoms with Gasteiger partial charge in [-0.25, -0.2) is 0 Å². The van der Waals surface area contributed by atoms with E-state index in [2.05, 4.69) is 254 Å². The predicted octanol–water partition coefficient (Wildman–Crippen LogP) is 17.0. The number of nitrogens with zero attached hydrogens (tertiary/aromatic N) is 2. The van der Waals surface area contributed by atoms with Gasteiger partial charge in [0.05, 0.1) is 0 Å². The molecule has 0 radical (unpaired) electrons. The molecule has 10 aromatic carbocycles. The molecule has 62 heavy (non-hydrogen) atoms. The second-order valence-electron chi connectivity index (χ2n) is 16.0. The Morgan fingerprint density at radius 1 is 0.242 bits per heavy atom. The van der Waals surface area contributed by atoms with Crippen molar-refractivity contribution in [2.24, 2.45) is 0 Å². The van der Waals surface area contributed by atoms with E-state index in [0.717, 1.165) is 45.3 Å². The van der Waals surface area contributed by atoms with E-state index in [1.165, 1.54) is 54.6 Å². The van der Waals surface area contributed by atoms with Crippen LogP contribution < -0.4 is 9.80 Å². The van der Waals surface area contributed by atoms with Crippen molar-refractivity contribution >= 4 is 90.7 Å². The van der Waals surface area contributed by atoms with Crippen LogP contribution in [0.5, 0.6) is 0 Å². The average Bonchev–Trinajstić information content (AvgIpc) is 3.33. The monoisotopic (exact) mass is 794 g/mol. The third-order valence-corrected chi connectivity index (χ3v) is 11.7. The molecule has 0 fully saturated rings. The lowest BCUT2D eigenvalue weighted by atomic mass is 9.93. The van der Waals surface area contributed by atoms with Crippen LogP contribution in [0, 0.1) is 13.8 Å². The zero-order chi connectivity index (χ0) is 41.8. The van der Waals surface area contributed by atoms with Crippen LogP contribution in [0.4, 0.5) is 34.1 Å². The van der Waals surface area contributed by atoms with Crippen molar-refractivity contribution in [2.75, 3.05) is 9.80 Å². The SMILES string of the molecule is Cc1ccc(N(c2ccc(/C=C/c3ccccc3)cc2)c2ccc3c(c2)c2ccccc2c2ccc(N(c4ccc(C)cc4)c4ccc(/C=C/c5ccccc5)cc4)cc23)cc1. The zero-order valence-corrected chi connectivity index (χ0v) is 35.0. The highest BCUT2D eigenvalue weighted by Crippen LogP contribution is 2.43. The Labute approximate surface area is 364 Å². The molecule has 0 saturated heterocycles. The van der Waals surface area contributed by atoms with Crippen LogP contribution >= 0.6 is 0 Å². The molecule has 0 atom stereocenters. The van der Waals surface area contributed by atoms with E-state index in [4.69, 9.17) is 0 Å². The lowest BCUT2D eigenvalue weighted by Crippen LogP contribution is -2.10. The van der Waals surface area contributed by atoms with Gasteiger partial charge in [0.15, 0.2) is 0 Å². The van der Waals surface area contributed by atoms with E-state index >= 15 is 0 Å². The number of hydrogen-bond donors (Lipinski definition) is 0. The number of aryl methyl sites for hydroxylation is 2. The molecule has 0 spiro atoms. The minimum atomic E-state index is 1.10. The summed E-state index contributed by atoms with van der Waals surface area (Å²) in [6.07, 6.45) is 8.68. The highest BCUT2D eigenvalue weighted by molar-refractivity contribution is 6.26. The molecule has 0 saturated carbocycles. The Morgan fingerprint density at radius 3 is 0.903 bits per heavy atom. The van der Waals surface area contributed by atoms with Crippen molar-refractivity contribution in [2.45, 2.75) is 13.8 Å². The Kier molecular flexibility index (Phi) is 10.5. The van der Waals surface area contributed by atoms with Gasteiger partial charge in [0.2, 0.25) is 0 Å². The quantitative estimate of drug-likeness (QED) is 0.100. The van der Waals surface area contributed by atoms with Crippen LogP contribution in [-0.4, -0.2) is 0 Å². The van der Waals surface area contributed by atoms with Gasteiger partial charge in [-0.15, -0.1) is 0 Å². The number of fused-ring (bicyclic) bond motifs is 6. The maximum atomic E-state index is 2.38. The first-order chi connectivity index (χ1) is 30.5. The fourth-order valence-corrected chi connectivity index (χ4v) is 8.48. The number of rotatable bonds is 10. The van der Waals surface area contributed by atoms with Crippen LogP contribution in [0.15, 0.2) is 218 Å². The third kappa shape index (κ3) is 7.90. The van der Waals surface area contributed by atoms with Crippen molar-refractivity contribution < 1.29 is 0 Å². The lowest BCUT2D eigenvalue weighted by molar-refractivity contribution is 1.28. The molecule has 0 aliphatic carbocycles. The third-order valence-electron chi connectivity index (χ3n) is 11.7. The highest BCUT2D eigenvalue weighted by Gasteiger charge is 2.18. The summed E-state index contributed by atoms with van der Waals surface area (Å²) >= 11 is 0. The largest absolute Gasteiger partial charge is 0.310 e. The summed E-state index contributed by atoms with van der Waals surface area (Å²) in [7, 11) is 0. The van der Waals surface area contributed by atoms with Gasteiger partial charge in [-0.05, 0) is 141 Å². The molecular formula is C60H46N2. The van der Waals surface area contributed by atoms with Gasteiger partial charge >= 0.3 is 0 Å². The Balaban J connectivity index is 1.09. The molecule has 0 N–H and O–H groups in total. The van der Waals surface area contributed by atoms with Crippen LogP contribution in [0.1, 0.15) is 33.4 Å². The molecule has 10 rings (SSSR count). The first-order valence-electron chi connectivity index (χ1n) is 21.3. The van der Waals surface area contributed by atoms with Gasteiger partial charge in [-0.2, -0.15) is 0 Å². The molecule has 0 amide bonds. The van der Waals surface area contributed by atoms with E-state index in [1.807, 2.05) is 12.1 Å². The number of hydrogen-bond acceptors (Lipinski definition) is 2. The van der Waals surface area contributed by atoms with Crippen molar-refractivity contribution in [3.8, 4) is 0 Å². The average molecular weight is 795 g/mol. The molecule has 0 unspecified atom stereocenters. The van der Waals surface area contributed by atoms with E-state index in [-0.39, 0.29) is 0 Å². The molecule has 0 aliphatic rings. The van der Waals surface area contributed by atoms with Crippen molar-refractivity contribution in [3.63, 3.8) is 0 Å². The summed E-state index contributed by atoms with van der Waals surface area (Å²) in [5, 5.41) is 7.39. The summed E-state index contributed by atoms with van der Waals surface area (Å²) in [6.45, 7) is 4.28. The normalized spacial score (nSPS) is 11.6. The van der Waals surface area contributed by atoms with Gasteiger partial charge in [0.1, 0.15) is 0 Å². The van der Waals surface area contributed by atoms with Crippen LogP contribution in [0.25, 0.3) is 56.6 Å². The van der Waals surface area contributed by atoms with Gasteiger partial charge in [0, 0.05) is 34.1 Å². The fourth-order valence-electron chi connectivity index (χ4n) is 8.48. The smallest absolute Gasteiger partial charge is 0.0468 e. The molecule has 0 aromatic heterocycles. The Hall–Kier alpha value is -7.94. The lowest BCUT2D eigenvalue weighted by Gasteiger charge is -2.27. The summed E-state index contributed by atoms with van der Waals surface area (Å²) in [4.78, 5) is 4.74. The van der Waals surface area contributed by atoms with Crippen molar-refractivity contribution in [3.05, 3.63) is 252 Å². The van der Waals surface area contributed by atoms with Crippen molar-refractivity contribution in [1.82, 2.24) is 0 Å². The second-order valence-corrected chi connectivity index (χ2v) is 16.0. The predicted molar refractivity (Wildman–Crippen MR) is 269 cm³/mol. The molecule has 2 nitrogen and oxygen atoms in total. The summed E-state index contributed by atoms with van der Waals surface area (Å²) in [5.41, 5.74) is 13.8. The first-order valence-corrected chi connectivity index (χ1v) is 21.3. The zero-order valence-electron chi connectivity index (χ0n) is 35.0. The molecule has 0 heterocycles. The highest BCUT2D eigenvalue weighted by atomic mass is 15.1. The molecule has 0 bridgehead atoms. The van der Waals surface area contributed by atoms with Crippen LogP contribution in [-0.2, 0) is 0 Å². The number of benzene rings is 10. The fraction of sp³-hybridized carbons (Fsp3) is 0.0333. The van der Waals surface area contributed by atoms with Crippen LogP contribution in [0.2, 0.25) is 0 Å². The molecule has 2 heteroatoms.